The second-order valence-corrected chi connectivity index (χ2v) is 9.43. The molecule has 1 saturated heterocycles. The van der Waals surface area contributed by atoms with Gasteiger partial charge in [-0.05, 0) is 47.5 Å². The number of benzene rings is 3. The van der Waals surface area contributed by atoms with Gasteiger partial charge in [0, 0.05) is 49.5 Å². The standard InChI is InChI=1S/C29H32ClN3O5/c1-36-26-5-3-4-25(18-26)31-29(35)33-16-14-32(15-17-33)19-27(22-10-12-24(30)13-11-22)38-20-21-6-8-23(9-7-21)28(34)37-2/h3-13,18,27H,14-17,19-20H2,1-2H3,(H,31,35). The van der Waals surface area contributed by atoms with Crippen molar-refractivity contribution in [3.8, 4) is 5.75 Å². The van der Waals surface area contributed by atoms with Crippen LogP contribution < -0.4 is 10.1 Å². The highest BCUT2D eigenvalue weighted by Crippen LogP contribution is 2.24. The number of nitrogens with one attached hydrogen (secondary N) is 1. The number of hydrogen-bond donors (Lipinski definition) is 1. The van der Waals surface area contributed by atoms with E-state index < -0.39 is 0 Å². The second-order valence-electron chi connectivity index (χ2n) is 8.99. The van der Waals surface area contributed by atoms with Gasteiger partial charge in [0.05, 0.1) is 32.5 Å². The summed E-state index contributed by atoms with van der Waals surface area (Å²) in [5.74, 6) is 0.327. The van der Waals surface area contributed by atoms with E-state index in [2.05, 4.69) is 10.2 Å². The van der Waals surface area contributed by atoms with E-state index >= 15 is 0 Å². The number of amides is 2. The van der Waals surface area contributed by atoms with E-state index in [-0.39, 0.29) is 18.1 Å². The molecule has 8 nitrogen and oxygen atoms in total. The van der Waals surface area contributed by atoms with Gasteiger partial charge in [-0.2, -0.15) is 0 Å². The Morgan fingerprint density at radius 1 is 0.947 bits per heavy atom. The van der Waals surface area contributed by atoms with Gasteiger partial charge < -0.3 is 24.4 Å². The second kappa shape index (κ2) is 13.3. The van der Waals surface area contributed by atoms with Crippen molar-refractivity contribution in [1.82, 2.24) is 9.80 Å². The molecule has 9 heteroatoms. The molecule has 1 fully saturated rings. The van der Waals surface area contributed by atoms with E-state index in [1.807, 2.05) is 59.5 Å². The zero-order chi connectivity index (χ0) is 26.9. The molecule has 2 amide bonds. The molecule has 1 atom stereocenters. The number of piperazine rings is 1. The normalized spacial score (nSPS) is 14.6. The first-order chi connectivity index (χ1) is 18.4. The van der Waals surface area contributed by atoms with E-state index in [0.29, 0.717) is 48.3 Å². The molecule has 4 rings (SSSR count). The molecule has 0 bridgehead atoms. The highest BCUT2D eigenvalue weighted by molar-refractivity contribution is 6.30. The Bertz CT molecular complexity index is 1210. The molecule has 1 aliphatic rings. The monoisotopic (exact) mass is 537 g/mol. The first-order valence-electron chi connectivity index (χ1n) is 12.4. The predicted octanol–water partition coefficient (Wildman–Crippen LogP) is 5.24. The average molecular weight is 538 g/mol. The summed E-state index contributed by atoms with van der Waals surface area (Å²) in [4.78, 5) is 28.6. The molecule has 1 N–H and O–H groups in total. The summed E-state index contributed by atoms with van der Waals surface area (Å²) in [5.41, 5.74) is 3.18. The number of urea groups is 1. The Kier molecular flexibility index (Phi) is 9.59. The number of anilines is 1. The van der Waals surface area contributed by atoms with Gasteiger partial charge in [0.25, 0.3) is 0 Å². The van der Waals surface area contributed by atoms with Crippen molar-refractivity contribution in [2.24, 2.45) is 0 Å². The van der Waals surface area contributed by atoms with Gasteiger partial charge >= 0.3 is 12.0 Å². The van der Waals surface area contributed by atoms with Crippen LogP contribution in [0.3, 0.4) is 0 Å². The summed E-state index contributed by atoms with van der Waals surface area (Å²) in [5, 5.41) is 3.62. The highest BCUT2D eigenvalue weighted by atomic mass is 35.5. The Morgan fingerprint density at radius 2 is 1.66 bits per heavy atom. The first kappa shape index (κ1) is 27.4. The van der Waals surface area contributed by atoms with E-state index in [1.165, 1.54) is 7.11 Å². The molecule has 3 aromatic carbocycles. The maximum Gasteiger partial charge on any atom is 0.337 e. The number of ether oxygens (including phenoxy) is 3. The molecule has 3 aromatic rings. The first-order valence-corrected chi connectivity index (χ1v) is 12.8. The topological polar surface area (TPSA) is 80.3 Å². The minimum Gasteiger partial charge on any atom is -0.497 e. The van der Waals surface area contributed by atoms with Crippen molar-refractivity contribution < 1.29 is 23.8 Å². The van der Waals surface area contributed by atoms with Crippen LogP contribution in [-0.4, -0.2) is 68.7 Å². The summed E-state index contributed by atoms with van der Waals surface area (Å²) in [6.07, 6.45) is -0.190. The Labute approximate surface area is 228 Å². The quantitative estimate of drug-likeness (QED) is 0.376. The van der Waals surface area contributed by atoms with E-state index in [0.717, 1.165) is 24.2 Å². The molecule has 38 heavy (non-hydrogen) atoms. The van der Waals surface area contributed by atoms with Crippen LogP contribution in [-0.2, 0) is 16.1 Å². The summed E-state index contributed by atoms with van der Waals surface area (Å²) in [6, 6.07) is 22.1. The Morgan fingerprint density at radius 3 is 2.32 bits per heavy atom. The van der Waals surface area contributed by atoms with Gasteiger partial charge in [-0.15, -0.1) is 0 Å². The van der Waals surface area contributed by atoms with Crippen LogP contribution in [0.25, 0.3) is 0 Å². The van der Waals surface area contributed by atoms with E-state index in [1.54, 1.807) is 25.3 Å². The number of esters is 1. The maximum absolute atomic E-state index is 12.8. The van der Waals surface area contributed by atoms with Crippen LogP contribution in [0.5, 0.6) is 5.75 Å². The molecule has 0 aromatic heterocycles. The predicted molar refractivity (Wildman–Crippen MR) is 147 cm³/mol. The fourth-order valence-corrected chi connectivity index (χ4v) is 4.38. The number of carbonyl (C=O) groups excluding carboxylic acids is 2. The van der Waals surface area contributed by atoms with Crippen molar-refractivity contribution >= 4 is 29.3 Å². The molecule has 1 aliphatic heterocycles. The van der Waals surface area contributed by atoms with E-state index in [9.17, 15) is 9.59 Å². The summed E-state index contributed by atoms with van der Waals surface area (Å²) in [6.45, 7) is 3.74. The van der Waals surface area contributed by atoms with Crippen LogP contribution in [0, 0.1) is 0 Å². The SMILES string of the molecule is COC(=O)c1ccc(COC(CN2CCN(C(=O)Nc3cccc(OC)c3)CC2)c2ccc(Cl)cc2)cc1. The molecular weight excluding hydrogens is 506 g/mol. The number of nitrogens with zero attached hydrogens (tertiary/aromatic N) is 2. The summed E-state index contributed by atoms with van der Waals surface area (Å²) in [7, 11) is 2.96. The van der Waals surface area contributed by atoms with Crippen LogP contribution in [0.15, 0.2) is 72.8 Å². The van der Waals surface area contributed by atoms with Crippen LogP contribution >= 0.6 is 11.6 Å². The van der Waals surface area contributed by atoms with Gasteiger partial charge in [-0.25, -0.2) is 9.59 Å². The van der Waals surface area contributed by atoms with Crippen molar-refractivity contribution in [2.75, 3.05) is 52.3 Å². The number of hydrogen-bond acceptors (Lipinski definition) is 6. The zero-order valence-corrected chi connectivity index (χ0v) is 22.3. The zero-order valence-electron chi connectivity index (χ0n) is 21.6. The average Bonchev–Trinajstić information content (AvgIpc) is 2.96. The highest BCUT2D eigenvalue weighted by Gasteiger charge is 2.24. The van der Waals surface area contributed by atoms with Crippen LogP contribution in [0.1, 0.15) is 27.6 Å². The lowest BCUT2D eigenvalue weighted by Crippen LogP contribution is -2.50. The lowest BCUT2D eigenvalue weighted by atomic mass is 10.1. The van der Waals surface area contributed by atoms with Crippen molar-refractivity contribution in [1.29, 1.82) is 0 Å². The third kappa shape index (κ3) is 7.47. The molecule has 1 heterocycles. The third-order valence-corrected chi connectivity index (χ3v) is 6.72. The molecule has 0 saturated carbocycles. The van der Waals surface area contributed by atoms with Crippen LogP contribution in [0.4, 0.5) is 10.5 Å². The lowest BCUT2D eigenvalue weighted by molar-refractivity contribution is 0.00592. The van der Waals surface area contributed by atoms with Crippen molar-refractivity contribution in [2.45, 2.75) is 12.7 Å². The smallest absolute Gasteiger partial charge is 0.337 e. The maximum atomic E-state index is 12.8. The number of carbonyl (C=O) groups is 2. The van der Waals surface area contributed by atoms with Gasteiger partial charge in [0.2, 0.25) is 0 Å². The van der Waals surface area contributed by atoms with Gasteiger partial charge in [-0.1, -0.05) is 41.9 Å². The lowest BCUT2D eigenvalue weighted by Gasteiger charge is -2.36. The molecule has 0 aliphatic carbocycles. The molecule has 0 spiro atoms. The number of rotatable bonds is 9. The minimum atomic E-state index is -0.368. The number of methoxy groups -OCH3 is 2. The molecule has 200 valence electrons. The Balaban J connectivity index is 1.34. The van der Waals surface area contributed by atoms with Crippen molar-refractivity contribution in [3.63, 3.8) is 0 Å². The summed E-state index contributed by atoms with van der Waals surface area (Å²) < 4.78 is 16.4. The molecule has 1 unspecified atom stereocenters. The van der Waals surface area contributed by atoms with Crippen LogP contribution in [0.2, 0.25) is 5.02 Å². The van der Waals surface area contributed by atoms with Crippen molar-refractivity contribution in [3.05, 3.63) is 94.5 Å². The number of halogens is 1. The van der Waals surface area contributed by atoms with Gasteiger partial charge in [0.15, 0.2) is 0 Å². The Hall–Kier alpha value is -3.59. The fourth-order valence-electron chi connectivity index (χ4n) is 4.25. The summed E-state index contributed by atoms with van der Waals surface area (Å²) >= 11 is 6.11. The van der Waals surface area contributed by atoms with Gasteiger partial charge in [-0.3, -0.25) is 4.90 Å². The third-order valence-electron chi connectivity index (χ3n) is 6.47. The largest absolute Gasteiger partial charge is 0.497 e. The fraction of sp³-hybridized carbons (Fsp3) is 0.310. The van der Waals surface area contributed by atoms with Gasteiger partial charge in [0.1, 0.15) is 5.75 Å². The minimum absolute atomic E-state index is 0.126. The molecular formula is C29H32ClN3O5. The van der Waals surface area contributed by atoms with E-state index in [4.69, 9.17) is 25.8 Å². The molecule has 0 radical (unpaired) electrons.